The van der Waals surface area contributed by atoms with E-state index in [9.17, 15) is 14.0 Å². The molecule has 0 radical (unpaired) electrons. The highest BCUT2D eigenvalue weighted by Gasteiger charge is 2.20. The fraction of sp³-hybridized carbons (Fsp3) is 0.375. The van der Waals surface area contributed by atoms with Gasteiger partial charge in [-0.2, -0.15) is 0 Å². The molecular weight excluding hydrogens is 531 g/mol. The fourth-order valence-corrected chi connectivity index (χ4v) is 4.24. The van der Waals surface area contributed by atoms with Crippen molar-refractivity contribution in [1.29, 1.82) is 0 Å². The molecule has 0 saturated heterocycles. The molecule has 2 aromatic carbocycles. The Morgan fingerprint density at radius 1 is 1.18 bits per heavy atom. The number of benzene rings is 2. The topological polar surface area (TPSA) is 78.9 Å². The molecule has 6 nitrogen and oxygen atoms in total. The molecule has 0 heterocycles. The average molecular weight is 573 g/mol. The highest BCUT2D eigenvalue weighted by Crippen LogP contribution is 2.29. The Morgan fingerprint density at radius 3 is 2.48 bits per heavy atom. The van der Waals surface area contributed by atoms with Gasteiger partial charge in [-0.05, 0) is 79.6 Å². The van der Waals surface area contributed by atoms with Gasteiger partial charge in [0.1, 0.15) is 23.0 Å². The Balaban J connectivity index is 0.00000391. The van der Waals surface area contributed by atoms with Gasteiger partial charge >= 0.3 is 5.97 Å². The van der Waals surface area contributed by atoms with E-state index in [4.69, 9.17) is 21.4 Å². The summed E-state index contributed by atoms with van der Waals surface area (Å²) in [5, 5.41) is 11.9. The van der Waals surface area contributed by atoms with Crippen LogP contribution in [-0.4, -0.2) is 35.5 Å². The standard InChI is InChI=1S/C30H36ClFN2O4.C2H6/c1-6-15-34(5)29(20(3)9-8-14-31)30(37)33-21(4)24-16-25(32)19-27(18-24)38-26-12-10-23(11-13-28(35)36)22(7-2)17-26;1-2/h6,8,10,12,14,16-19,21H,1,7,9,11,13,15H2,2-5H3,(H,33,37)(H,35,36);1-2H3/b14-8+,29-20-;. The molecule has 1 amide bonds. The van der Waals surface area contributed by atoms with Crippen LogP contribution in [0.4, 0.5) is 4.39 Å². The number of likely N-dealkylation sites (N-methyl/N-ethyl adjacent to an activating group) is 1. The van der Waals surface area contributed by atoms with Crippen LogP contribution < -0.4 is 10.1 Å². The first-order valence-electron chi connectivity index (χ1n) is 13.5. The van der Waals surface area contributed by atoms with Crippen LogP contribution in [0.15, 0.2) is 71.9 Å². The van der Waals surface area contributed by atoms with Crippen LogP contribution >= 0.6 is 11.6 Å². The molecule has 218 valence electrons. The van der Waals surface area contributed by atoms with Crippen molar-refractivity contribution in [2.45, 2.75) is 66.3 Å². The highest BCUT2D eigenvalue weighted by molar-refractivity contribution is 6.25. The normalized spacial score (nSPS) is 12.1. The van der Waals surface area contributed by atoms with Crippen LogP contribution in [-0.2, 0) is 22.4 Å². The van der Waals surface area contributed by atoms with E-state index >= 15 is 0 Å². The maximum Gasteiger partial charge on any atom is 0.303 e. The first-order valence-corrected chi connectivity index (χ1v) is 13.9. The number of amides is 1. The van der Waals surface area contributed by atoms with Gasteiger partial charge in [0.2, 0.25) is 0 Å². The Kier molecular flexibility index (Phi) is 15.4. The SMILES string of the molecule is C=CCN(C)/C(C(=O)NC(C)c1cc(F)cc(Oc2ccc(CCC(=O)O)c(CC)c2)c1)=C(/C)C/C=C/Cl.CC. The average Bonchev–Trinajstić information content (AvgIpc) is 2.92. The van der Waals surface area contributed by atoms with Crippen LogP contribution in [0.1, 0.15) is 70.2 Å². The van der Waals surface area contributed by atoms with Gasteiger partial charge in [0.25, 0.3) is 5.91 Å². The molecule has 8 heteroatoms. The van der Waals surface area contributed by atoms with Gasteiger partial charge in [0.05, 0.1) is 6.04 Å². The zero-order valence-electron chi connectivity index (χ0n) is 24.4. The van der Waals surface area contributed by atoms with E-state index in [1.165, 1.54) is 17.7 Å². The van der Waals surface area contributed by atoms with Crippen molar-refractivity contribution < 1.29 is 23.8 Å². The molecule has 0 aromatic heterocycles. The summed E-state index contributed by atoms with van der Waals surface area (Å²) in [5.41, 5.74) is 5.21. The number of ether oxygens (including phenoxy) is 1. The number of nitrogens with one attached hydrogen (secondary N) is 1. The Morgan fingerprint density at radius 2 is 1.88 bits per heavy atom. The van der Waals surface area contributed by atoms with Gasteiger partial charge in [-0.15, -0.1) is 6.58 Å². The van der Waals surface area contributed by atoms with E-state index < -0.39 is 17.8 Å². The number of nitrogens with zero attached hydrogens (tertiary/aromatic N) is 1. The smallest absolute Gasteiger partial charge is 0.303 e. The van der Waals surface area contributed by atoms with Crippen molar-refractivity contribution in [1.82, 2.24) is 10.2 Å². The molecule has 0 aliphatic heterocycles. The third-order valence-corrected chi connectivity index (χ3v) is 6.24. The van der Waals surface area contributed by atoms with Crippen molar-refractivity contribution >= 4 is 23.5 Å². The van der Waals surface area contributed by atoms with Crippen molar-refractivity contribution in [3.05, 3.63) is 94.4 Å². The number of carboxylic acid groups (broad SMARTS) is 1. The molecule has 1 atom stereocenters. The predicted molar refractivity (Wildman–Crippen MR) is 161 cm³/mol. The first kappa shape index (κ1) is 34.4. The molecular formula is C32H42ClFN2O4. The number of carbonyl (C=O) groups is 2. The lowest BCUT2D eigenvalue weighted by atomic mass is 10.0. The third kappa shape index (κ3) is 10.9. The summed E-state index contributed by atoms with van der Waals surface area (Å²) < 4.78 is 20.5. The van der Waals surface area contributed by atoms with E-state index in [2.05, 4.69) is 11.9 Å². The van der Waals surface area contributed by atoms with Gasteiger partial charge in [0.15, 0.2) is 0 Å². The lowest BCUT2D eigenvalue weighted by molar-refractivity contribution is -0.137. The molecule has 0 spiro atoms. The second-order valence-electron chi connectivity index (χ2n) is 9.06. The van der Waals surface area contributed by atoms with Crippen molar-refractivity contribution in [2.75, 3.05) is 13.6 Å². The maximum atomic E-state index is 14.6. The van der Waals surface area contributed by atoms with Gasteiger partial charge in [-0.25, -0.2) is 4.39 Å². The van der Waals surface area contributed by atoms with E-state index in [-0.39, 0.29) is 12.3 Å². The van der Waals surface area contributed by atoms with Crippen LogP contribution in [0.25, 0.3) is 0 Å². The summed E-state index contributed by atoms with van der Waals surface area (Å²) in [5.74, 6) is -0.815. The summed E-state index contributed by atoms with van der Waals surface area (Å²) in [6.07, 6.45) is 5.16. The van der Waals surface area contributed by atoms with Crippen LogP contribution in [0.2, 0.25) is 0 Å². The van der Waals surface area contributed by atoms with Gasteiger partial charge < -0.3 is 20.1 Å². The summed E-state index contributed by atoms with van der Waals surface area (Å²) in [4.78, 5) is 26.0. The van der Waals surface area contributed by atoms with Crippen LogP contribution in [0.3, 0.4) is 0 Å². The second-order valence-corrected chi connectivity index (χ2v) is 9.31. The summed E-state index contributed by atoms with van der Waals surface area (Å²) in [6.45, 7) is 13.9. The minimum atomic E-state index is -0.849. The number of aliphatic carboxylic acids is 1. The molecule has 40 heavy (non-hydrogen) atoms. The van der Waals surface area contributed by atoms with Crippen molar-refractivity contribution in [3.63, 3.8) is 0 Å². The molecule has 0 bridgehead atoms. The summed E-state index contributed by atoms with van der Waals surface area (Å²) in [7, 11) is 1.81. The molecule has 0 aliphatic carbocycles. The van der Waals surface area contributed by atoms with E-state index in [1.807, 2.05) is 39.8 Å². The Bertz CT molecular complexity index is 1210. The molecule has 2 rings (SSSR count). The number of rotatable bonds is 14. The molecule has 2 aromatic rings. The van der Waals surface area contributed by atoms with Crippen molar-refractivity contribution in [3.8, 4) is 11.5 Å². The predicted octanol–water partition coefficient (Wildman–Crippen LogP) is 7.94. The molecule has 0 saturated carbocycles. The summed E-state index contributed by atoms with van der Waals surface area (Å²) >= 11 is 5.67. The Hall–Kier alpha value is -3.58. The molecule has 1 unspecified atom stereocenters. The van der Waals surface area contributed by atoms with E-state index in [1.54, 1.807) is 43.2 Å². The van der Waals surface area contributed by atoms with Gasteiger partial charge in [-0.1, -0.05) is 50.6 Å². The number of carbonyl (C=O) groups excluding carboxylic acids is 1. The third-order valence-electron chi connectivity index (χ3n) is 6.06. The van der Waals surface area contributed by atoms with Crippen LogP contribution in [0.5, 0.6) is 11.5 Å². The van der Waals surface area contributed by atoms with Gasteiger partial charge in [-0.3, -0.25) is 9.59 Å². The lowest BCUT2D eigenvalue weighted by Crippen LogP contribution is -2.35. The van der Waals surface area contributed by atoms with E-state index in [0.717, 1.165) is 16.7 Å². The van der Waals surface area contributed by atoms with Gasteiger partial charge in [0, 0.05) is 31.6 Å². The quantitative estimate of drug-likeness (QED) is 0.177. The van der Waals surface area contributed by atoms with Crippen LogP contribution in [0, 0.1) is 5.82 Å². The highest BCUT2D eigenvalue weighted by atomic mass is 35.5. The Labute approximate surface area is 243 Å². The zero-order chi connectivity index (χ0) is 30.2. The number of allylic oxidation sites excluding steroid dienone is 2. The lowest BCUT2D eigenvalue weighted by Gasteiger charge is -2.25. The monoisotopic (exact) mass is 572 g/mol. The zero-order valence-corrected chi connectivity index (χ0v) is 25.1. The minimum absolute atomic E-state index is 0.0489. The molecule has 2 N–H and O–H groups in total. The van der Waals surface area contributed by atoms with Crippen molar-refractivity contribution in [2.24, 2.45) is 0 Å². The summed E-state index contributed by atoms with van der Waals surface area (Å²) in [6, 6.07) is 9.27. The number of hydrogen-bond acceptors (Lipinski definition) is 4. The number of hydrogen-bond donors (Lipinski definition) is 2. The first-order chi connectivity index (χ1) is 19.1. The number of carboxylic acids is 1. The van der Waals surface area contributed by atoms with E-state index in [0.29, 0.717) is 48.6 Å². The minimum Gasteiger partial charge on any atom is -0.481 e. The molecule has 0 fully saturated rings. The maximum absolute atomic E-state index is 14.6. The largest absolute Gasteiger partial charge is 0.481 e. The number of aryl methyl sites for hydroxylation is 2. The second kappa shape index (κ2) is 17.9. The fourth-order valence-electron chi connectivity index (χ4n) is 4.15. The molecule has 0 aliphatic rings. The number of halogens is 2.